The molecule has 1 atom stereocenters. The normalized spacial score (nSPS) is 17.1. The van der Waals surface area contributed by atoms with Crippen LogP contribution in [0.5, 0.6) is 0 Å². The predicted octanol–water partition coefficient (Wildman–Crippen LogP) is 5.68. The van der Waals surface area contributed by atoms with Crippen molar-refractivity contribution in [2.45, 2.75) is 46.4 Å². The molecule has 0 spiro atoms. The van der Waals surface area contributed by atoms with Gasteiger partial charge >= 0.3 is 0 Å². The number of hydrogen-bond acceptors (Lipinski definition) is 5. The topological polar surface area (TPSA) is 43.4 Å². The van der Waals surface area contributed by atoms with Gasteiger partial charge in [-0.05, 0) is 74.4 Å². The highest BCUT2D eigenvalue weighted by Gasteiger charge is 2.32. The Morgan fingerprint density at radius 3 is 2.56 bits per heavy atom. The molecule has 0 amide bonds. The third kappa shape index (κ3) is 4.12. The monoisotopic (exact) mass is 427 g/mol. The maximum atomic E-state index is 4.34. The molecule has 2 N–H and O–H groups in total. The average Bonchev–Trinajstić information content (AvgIpc) is 3.53. The molecule has 1 aromatic heterocycles. The molecular formula is C27H33N5. The van der Waals surface area contributed by atoms with Crippen LogP contribution in [0.3, 0.4) is 0 Å². The standard InChI is InChI=1S/C27H33N5/c1-18-13-19(2)25(20(3)14-18)30-27-29-23-8-5-9-24(26(23)31(27)4)32(16-21-10-11-21)17-22-7-6-12-28-15-22/h5-9,12-15,21,27,29-30H,10-11,16-17H2,1-4H3. The number of aromatic nitrogens is 1. The first-order chi connectivity index (χ1) is 15.5. The smallest absolute Gasteiger partial charge is 0.176 e. The van der Waals surface area contributed by atoms with Crippen LogP contribution >= 0.6 is 0 Å². The maximum Gasteiger partial charge on any atom is 0.176 e. The van der Waals surface area contributed by atoms with Gasteiger partial charge in [0.15, 0.2) is 6.29 Å². The van der Waals surface area contributed by atoms with Crippen LogP contribution in [-0.2, 0) is 6.54 Å². The van der Waals surface area contributed by atoms with Gasteiger partial charge in [-0.25, -0.2) is 0 Å². The summed E-state index contributed by atoms with van der Waals surface area (Å²) in [5.41, 5.74) is 10.0. The molecule has 5 nitrogen and oxygen atoms in total. The van der Waals surface area contributed by atoms with Crippen molar-refractivity contribution in [3.05, 3.63) is 77.1 Å². The molecular weight excluding hydrogens is 394 g/mol. The molecule has 0 bridgehead atoms. The van der Waals surface area contributed by atoms with E-state index in [2.05, 4.69) is 89.6 Å². The van der Waals surface area contributed by atoms with Crippen molar-refractivity contribution >= 4 is 22.7 Å². The molecule has 0 saturated heterocycles. The number of pyridine rings is 1. The molecule has 1 aliphatic carbocycles. The van der Waals surface area contributed by atoms with Gasteiger partial charge in [-0.2, -0.15) is 0 Å². The zero-order valence-corrected chi connectivity index (χ0v) is 19.5. The lowest BCUT2D eigenvalue weighted by molar-refractivity contribution is 0.718. The summed E-state index contributed by atoms with van der Waals surface area (Å²) in [7, 11) is 2.18. The van der Waals surface area contributed by atoms with Crippen LogP contribution in [-0.4, -0.2) is 24.9 Å². The van der Waals surface area contributed by atoms with Gasteiger partial charge in [0.05, 0.1) is 17.1 Å². The zero-order valence-electron chi connectivity index (χ0n) is 19.5. The van der Waals surface area contributed by atoms with Crippen LogP contribution in [0.4, 0.5) is 22.7 Å². The third-order valence-corrected chi connectivity index (χ3v) is 6.62. The molecule has 2 heterocycles. The van der Waals surface area contributed by atoms with Gasteiger partial charge in [0.1, 0.15) is 0 Å². The molecule has 3 aromatic rings. The SMILES string of the molecule is Cc1cc(C)c(NC2Nc3cccc(N(Cc4cccnc4)CC4CC4)c3N2C)c(C)c1. The van der Waals surface area contributed by atoms with Crippen molar-refractivity contribution in [2.75, 3.05) is 34.0 Å². The number of nitrogens with zero attached hydrogens (tertiary/aromatic N) is 3. The van der Waals surface area contributed by atoms with E-state index in [1.54, 1.807) is 0 Å². The molecule has 0 radical (unpaired) electrons. The van der Waals surface area contributed by atoms with Gasteiger partial charge in [-0.15, -0.1) is 0 Å². The summed E-state index contributed by atoms with van der Waals surface area (Å²) in [6, 6.07) is 15.3. The number of anilines is 4. The molecule has 1 saturated carbocycles. The Hall–Kier alpha value is -3.21. The van der Waals surface area contributed by atoms with E-state index < -0.39 is 0 Å². The van der Waals surface area contributed by atoms with Crippen LogP contribution < -0.4 is 20.4 Å². The second-order valence-electron chi connectivity index (χ2n) is 9.43. The van der Waals surface area contributed by atoms with E-state index >= 15 is 0 Å². The fraction of sp³-hybridized carbons (Fsp3) is 0.370. The summed E-state index contributed by atoms with van der Waals surface area (Å²) in [5.74, 6) is 0.800. The van der Waals surface area contributed by atoms with E-state index in [1.807, 2.05) is 18.5 Å². The number of aryl methyl sites for hydroxylation is 3. The number of benzene rings is 2. The van der Waals surface area contributed by atoms with Gasteiger partial charge in [0, 0.05) is 38.2 Å². The molecule has 2 aliphatic rings. The van der Waals surface area contributed by atoms with Gasteiger partial charge in [0.2, 0.25) is 0 Å². The first-order valence-corrected chi connectivity index (χ1v) is 11.6. The van der Waals surface area contributed by atoms with Crippen LogP contribution in [0.2, 0.25) is 0 Å². The molecule has 1 fully saturated rings. The minimum Gasteiger partial charge on any atom is -0.365 e. The van der Waals surface area contributed by atoms with E-state index in [0.29, 0.717) is 0 Å². The summed E-state index contributed by atoms with van der Waals surface area (Å²) >= 11 is 0. The van der Waals surface area contributed by atoms with Gasteiger partial charge in [0.25, 0.3) is 0 Å². The maximum absolute atomic E-state index is 4.34. The summed E-state index contributed by atoms with van der Waals surface area (Å²) in [6.07, 6.45) is 6.51. The Balaban J connectivity index is 1.44. The second kappa shape index (κ2) is 8.38. The van der Waals surface area contributed by atoms with Crippen LogP contribution in [0.1, 0.15) is 35.1 Å². The number of hydrogen-bond donors (Lipinski definition) is 2. The van der Waals surface area contributed by atoms with Crippen LogP contribution in [0.25, 0.3) is 0 Å². The van der Waals surface area contributed by atoms with E-state index in [1.165, 1.54) is 57.8 Å². The Morgan fingerprint density at radius 2 is 1.88 bits per heavy atom. The van der Waals surface area contributed by atoms with Crippen molar-refractivity contribution in [2.24, 2.45) is 5.92 Å². The highest BCUT2D eigenvalue weighted by Crippen LogP contribution is 2.44. The minimum atomic E-state index is 0.00687. The second-order valence-corrected chi connectivity index (χ2v) is 9.43. The van der Waals surface area contributed by atoms with E-state index in [0.717, 1.165) is 19.0 Å². The lowest BCUT2D eigenvalue weighted by atomic mass is 10.1. The number of fused-ring (bicyclic) bond motifs is 1. The Morgan fingerprint density at radius 1 is 1.09 bits per heavy atom. The van der Waals surface area contributed by atoms with Gasteiger partial charge in [-0.3, -0.25) is 4.98 Å². The highest BCUT2D eigenvalue weighted by atomic mass is 15.4. The minimum absolute atomic E-state index is 0.00687. The van der Waals surface area contributed by atoms with Crippen molar-refractivity contribution in [1.29, 1.82) is 0 Å². The lowest BCUT2D eigenvalue weighted by Gasteiger charge is -2.31. The molecule has 5 rings (SSSR count). The van der Waals surface area contributed by atoms with E-state index in [-0.39, 0.29) is 6.29 Å². The first-order valence-electron chi connectivity index (χ1n) is 11.6. The van der Waals surface area contributed by atoms with Crippen molar-refractivity contribution < 1.29 is 0 Å². The number of para-hydroxylation sites is 1. The molecule has 32 heavy (non-hydrogen) atoms. The van der Waals surface area contributed by atoms with Crippen LogP contribution in [0, 0.1) is 26.7 Å². The Labute approximate surface area is 191 Å². The Kier molecular flexibility index (Phi) is 5.41. The number of nitrogens with one attached hydrogen (secondary N) is 2. The average molecular weight is 428 g/mol. The van der Waals surface area contributed by atoms with E-state index in [9.17, 15) is 0 Å². The van der Waals surface area contributed by atoms with Crippen LogP contribution in [0.15, 0.2) is 54.9 Å². The van der Waals surface area contributed by atoms with Crippen molar-refractivity contribution in [1.82, 2.24) is 4.98 Å². The summed E-state index contributed by atoms with van der Waals surface area (Å²) in [6.45, 7) is 8.49. The van der Waals surface area contributed by atoms with Crippen molar-refractivity contribution in [3.63, 3.8) is 0 Å². The zero-order chi connectivity index (χ0) is 22.2. The summed E-state index contributed by atoms with van der Waals surface area (Å²) < 4.78 is 0. The molecule has 1 aliphatic heterocycles. The molecule has 5 heteroatoms. The highest BCUT2D eigenvalue weighted by molar-refractivity contribution is 5.88. The molecule has 1 unspecified atom stereocenters. The first kappa shape index (κ1) is 20.7. The van der Waals surface area contributed by atoms with E-state index in [4.69, 9.17) is 0 Å². The lowest BCUT2D eigenvalue weighted by Crippen LogP contribution is -2.40. The van der Waals surface area contributed by atoms with Gasteiger partial charge < -0.3 is 20.4 Å². The fourth-order valence-corrected chi connectivity index (χ4v) is 4.90. The largest absolute Gasteiger partial charge is 0.365 e. The Bertz CT molecular complexity index is 1080. The van der Waals surface area contributed by atoms with Gasteiger partial charge in [-0.1, -0.05) is 29.8 Å². The summed E-state index contributed by atoms with van der Waals surface area (Å²) in [4.78, 5) is 9.21. The third-order valence-electron chi connectivity index (χ3n) is 6.62. The number of rotatable bonds is 7. The fourth-order valence-electron chi connectivity index (χ4n) is 4.90. The molecule has 166 valence electrons. The molecule has 2 aromatic carbocycles. The predicted molar refractivity (Wildman–Crippen MR) is 135 cm³/mol. The quantitative estimate of drug-likeness (QED) is 0.508. The van der Waals surface area contributed by atoms with Crippen molar-refractivity contribution in [3.8, 4) is 0 Å². The summed E-state index contributed by atoms with van der Waals surface area (Å²) in [5, 5.41) is 7.46.